The number of nitrogens with one attached hydrogen (secondary N) is 3. The highest BCUT2D eigenvalue weighted by Gasteiger charge is 2.21. The average Bonchev–Trinajstić information content (AvgIpc) is 3.41. The minimum atomic E-state index is -0.514. The maximum atomic E-state index is 11.5. The van der Waals surface area contributed by atoms with Gasteiger partial charge in [0.2, 0.25) is 11.8 Å². The third-order valence-corrected chi connectivity index (χ3v) is 5.36. The van der Waals surface area contributed by atoms with Crippen LogP contribution in [0.4, 0.5) is 5.95 Å². The predicted molar refractivity (Wildman–Crippen MR) is 119 cm³/mol. The van der Waals surface area contributed by atoms with Crippen molar-refractivity contribution in [3.63, 3.8) is 0 Å². The lowest BCUT2D eigenvalue weighted by Gasteiger charge is -2.16. The molecule has 4 aromatic rings. The van der Waals surface area contributed by atoms with Gasteiger partial charge in [-0.1, -0.05) is 35.9 Å². The zero-order valence-corrected chi connectivity index (χ0v) is 17.5. The van der Waals surface area contributed by atoms with Crippen molar-refractivity contribution in [1.29, 1.82) is 0 Å². The summed E-state index contributed by atoms with van der Waals surface area (Å²) in [4.78, 5) is 30.1. The topological polar surface area (TPSA) is 136 Å². The van der Waals surface area contributed by atoms with E-state index in [1.165, 1.54) is 4.52 Å². The molecule has 0 radical (unpaired) electrons. The van der Waals surface area contributed by atoms with E-state index in [1.54, 1.807) is 24.4 Å². The number of halogens is 1. The standard InChI is InChI=1S/C21H19ClN8O2/c1-2-15(13-5-3-4-6-14(13)22)25-19-27-17-11(9-16-18(31)28-21(32)26-16)10-23-30(17)20(29-19)24-12-7-8-12/h2-6,9-10,12,15,31H,1,7-8H2,(H,24,25,29)(H2,26,28,32). The van der Waals surface area contributed by atoms with Crippen LogP contribution < -0.4 is 21.8 Å². The maximum absolute atomic E-state index is 11.5. The van der Waals surface area contributed by atoms with Crippen molar-refractivity contribution in [2.45, 2.75) is 24.9 Å². The van der Waals surface area contributed by atoms with Gasteiger partial charge in [-0.25, -0.2) is 9.79 Å². The molecule has 1 aliphatic rings. The molecule has 1 unspecified atom stereocenters. The molecule has 1 atom stereocenters. The molecule has 10 nitrogen and oxygen atoms in total. The normalized spacial score (nSPS) is 15.9. The van der Waals surface area contributed by atoms with Crippen molar-refractivity contribution >= 4 is 29.3 Å². The first kappa shape index (κ1) is 20.0. The number of aromatic nitrogens is 6. The Morgan fingerprint density at radius 2 is 2.12 bits per heavy atom. The van der Waals surface area contributed by atoms with Crippen LogP contribution in [0.1, 0.15) is 30.1 Å². The van der Waals surface area contributed by atoms with Crippen LogP contribution in [0.15, 0.2) is 52.9 Å². The summed E-state index contributed by atoms with van der Waals surface area (Å²) in [6.45, 7) is 3.90. The molecule has 1 fully saturated rings. The summed E-state index contributed by atoms with van der Waals surface area (Å²) in [5.74, 6) is 0.0544. The third-order valence-electron chi connectivity index (χ3n) is 5.02. The summed E-state index contributed by atoms with van der Waals surface area (Å²) in [5.41, 5.74) is 1.42. The van der Waals surface area contributed by atoms with E-state index in [9.17, 15) is 9.90 Å². The molecule has 4 N–H and O–H groups in total. The molecule has 0 spiro atoms. The Kier molecular flexibility index (Phi) is 4.98. The highest BCUT2D eigenvalue weighted by Crippen LogP contribution is 2.26. The number of rotatable bonds is 6. The quantitative estimate of drug-likeness (QED) is 0.328. The minimum Gasteiger partial charge on any atom is -0.493 e. The highest BCUT2D eigenvalue weighted by molar-refractivity contribution is 6.31. The molecule has 1 aliphatic carbocycles. The number of H-pyrrole nitrogens is 2. The Balaban J connectivity index is 1.65. The monoisotopic (exact) mass is 450 g/mol. The fraction of sp³-hybridized carbons (Fsp3) is 0.190. The van der Waals surface area contributed by atoms with E-state index >= 15 is 0 Å². The Morgan fingerprint density at radius 3 is 2.81 bits per heavy atom. The summed E-state index contributed by atoms with van der Waals surface area (Å²) in [6.07, 6.45) is 6.87. The molecule has 0 amide bonds. The first-order valence-corrected chi connectivity index (χ1v) is 10.4. The van der Waals surface area contributed by atoms with Crippen LogP contribution in [0, 0.1) is 0 Å². The molecule has 1 saturated carbocycles. The van der Waals surface area contributed by atoms with Crippen LogP contribution in [0.25, 0.3) is 11.7 Å². The second kappa shape index (κ2) is 7.97. The fourth-order valence-corrected chi connectivity index (χ4v) is 3.53. The van der Waals surface area contributed by atoms with Gasteiger partial charge >= 0.3 is 5.69 Å². The molecule has 0 aliphatic heterocycles. The van der Waals surface area contributed by atoms with E-state index in [1.807, 2.05) is 18.2 Å². The van der Waals surface area contributed by atoms with Crippen molar-refractivity contribution in [2.24, 2.45) is 4.99 Å². The zero-order valence-electron chi connectivity index (χ0n) is 16.8. The van der Waals surface area contributed by atoms with Crippen molar-refractivity contribution < 1.29 is 5.11 Å². The molecule has 162 valence electrons. The van der Waals surface area contributed by atoms with Gasteiger partial charge in [-0.2, -0.15) is 19.6 Å². The highest BCUT2D eigenvalue weighted by atomic mass is 35.5. The van der Waals surface area contributed by atoms with E-state index in [0.29, 0.717) is 27.5 Å². The Labute approximate surface area is 186 Å². The first-order chi connectivity index (χ1) is 15.5. The van der Waals surface area contributed by atoms with Crippen molar-refractivity contribution in [1.82, 2.24) is 29.5 Å². The number of hydrogen-bond donors (Lipinski definition) is 4. The van der Waals surface area contributed by atoms with E-state index in [4.69, 9.17) is 11.6 Å². The number of aromatic amines is 2. The number of aromatic hydroxyl groups is 1. The van der Waals surface area contributed by atoms with Crippen LogP contribution in [0.5, 0.6) is 5.88 Å². The smallest absolute Gasteiger partial charge is 0.326 e. The Morgan fingerprint density at radius 1 is 1.31 bits per heavy atom. The maximum Gasteiger partial charge on any atom is 0.326 e. The van der Waals surface area contributed by atoms with Gasteiger partial charge in [-0.15, -0.1) is 6.58 Å². The summed E-state index contributed by atoms with van der Waals surface area (Å²) < 4.78 is 1.54. The number of anilines is 1. The van der Waals surface area contributed by atoms with Gasteiger partial charge in [0, 0.05) is 10.2 Å². The SMILES string of the molecule is C=CC(Nc1nc(=NC2CC2)n2ncc(=Cc3[nH]c(=O)[nH]c3O)c2n1)c1ccccc1Cl. The van der Waals surface area contributed by atoms with E-state index in [2.05, 4.69) is 41.9 Å². The molecular formula is C21H19ClN8O2. The fourth-order valence-electron chi connectivity index (χ4n) is 3.27. The van der Waals surface area contributed by atoms with Gasteiger partial charge in [0.15, 0.2) is 5.65 Å². The summed E-state index contributed by atoms with van der Waals surface area (Å²) in [5, 5.41) is 18.7. The second-order valence-corrected chi connectivity index (χ2v) is 7.81. The molecule has 3 heterocycles. The molecule has 11 heteroatoms. The molecule has 5 rings (SSSR count). The van der Waals surface area contributed by atoms with Gasteiger partial charge in [0.05, 0.1) is 18.3 Å². The Hall–Kier alpha value is -3.92. The van der Waals surface area contributed by atoms with Crippen LogP contribution in [0.3, 0.4) is 0 Å². The first-order valence-electron chi connectivity index (χ1n) is 9.98. The number of benzene rings is 1. The van der Waals surface area contributed by atoms with Crippen LogP contribution in [-0.4, -0.2) is 40.7 Å². The van der Waals surface area contributed by atoms with Gasteiger partial charge in [-0.3, -0.25) is 4.98 Å². The van der Waals surface area contributed by atoms with Crippen molar-refractivity contribution in [3.8, 4) is 5.88 Å². The van der Waals surface area contributed by atoms with E-state index < -0.39 is 5.69 Å². The van der Waals surface area contributed by atoms with Crippen molar-refractivity contribution in [3.05, 3.63) is 80.7 Å². The van der Waals surface area contributed by atoms with Crippen LogP contribution in [0.2, 0.25) is 5.02 Å². The van der Waals surface area contributed by atoms with E-state index in [0.717, 1.165) is 18.4 Å². The number of hydrogen-bond acceptors (Lipinski definition) is 7. The molecule has 3 aromatic heterocycles. The van der Waals surface area contributed by atoms with E-state index in [-0.39, 0.29) is 23.7 Å². The lowest BCUT2D eigenvalue weighted by molar-refractivity contribution is 0.454. The second-order valence-electron chi connectivity index (χ2n) is 7.41. The number of nitrogens with zero attached hydrogens (tertiary/aromatic N) is 5. The van der Waals surface area contributed by atoms with Crippen LogP contribution in [-0.2, 0) is 0 Å². The van der Waals surface area contributed by atoms with Gasteiger partial charge in [0.25, 0.3) is 5.62 Å². The third kappa shape index (κ3) is 3.87. The van der Waals surface area contributed by atoms with Gasteiger partial charge < -0.3 is 15.4 Å². The number of imidazole rings is 1. The lowest BCUT2D eigenvalue weighted by Crippen LogP contribution is -2.25. The zero-order chi connectivity index (χ0) is 22.2. The van der Waals surface area contributed by atoms with Gasteiger partial charge in [0.1, 0.15) is 5.69 Å². The van der Waals surface area contributed by atoms with Crippen LogP contribution >= 0.6 is 11.6 Å². The Bertz CT molecular complexity index is 1500. The summed E-state index contributed by atoms with van der Waals surface area (Å²) in [6, 6.07) is 7.34. The molecule has 0 bridgehead atoms. The minimum absolute atomic E-state index is 0.210. The van der Waals surface area contributed by atoms with Crippen molar-refractivity contribution in [2.75, 3.05) is 5.32 Å². The lowest BCUT2D eigenvalue weighted by atomic mass is 10.1. The predicted octanol–water partition coefficient (Wildman–Crippen LogP) is 1.45. The molecule has 32 heavy (non-hydrogen) atoms. The largest absolute Gasteiger partial charge is 0.493 e. The average molecular weight is 451 g/mol. The molecular weight excluding hydrogens is 432 g/mol. The summed E-state index contributed by atoms with van der Waals surface area (Å²) >= 11 is 6.36. The summed E-state index contributed by atoms with van der Waals surface area (Å²) in [7, 11) is 0. The molecule has 0 saturated heterocycles. The van der Waals surface area contributed by atoms with Gasteiger partial charge in [-0.05, 0) is 30.5 Å². The molecule has 1 aromatic carbocycles. The number of fused-ring (bicyclic) bond motifs is 1.